The molecule has 0 aromatic carbocycles. The van der Waals surface area contributed by atoms with Crippen LogP contribution in [0, 0.1) is 5.92 Å². The van der Waals surface area contributed by atoms with Gasteiger partial charge < -0.3 is 10.2 Å². The van der Waals surface area contributed by atoms with Gasteiger partial charge in [-0.15, -0.1) is 11.3 Å². The number of nitrogens with one attached hydrogen (secondary N) is 1. The molecule has 2 heterocycles. The van der Waals surface area contributed by atoms with Gasteiger partial charge in [-0.05, 0) is 23.8 Å². The Kier molecular flexibility index (Phi) is 5.86. The highest BCUT2D eigenvalue weighted by molar-refractivity contribution is 7.09. The largest absolute Gasteiger partial charge is 0.338 e. The van der Waals surface area contributed by atoms with Gasteiger partial charge >= 0.3 is 6.03 Å². The van der Waals surface area contributed by atoms with Crippen LogP contribution in [0.4, 0.5) is 4.79 Å². The topological polar surface area (TPSA) is 35.6 Å². The standard InChI is InChI=1S/C15H25N3OS/c1-13(2)5-6-16-15(19)18-9-7-17(8-10-18)12-14-4-3-11-20-14/h3-4,11,13H,5-10,12H2,1-2H3,(H,16,19). The zero-order valence-corrected chi connectivity index (χ0v) is 13.3. The molecule has 20 heavy (non-hydrogen) atoms. The molecular formula is C15H25N3OS. The van der Waals surface area contributed by atoms with E-state index in [1.54, 1.807) is 11.3 Å². The van der Waals surface area contributed by atoms with Crippen molar-refractivity contribution in [2.45, 2.75) is 26.8 Å². The second-order valence-electron chi connectivity index (χ2n) is 5.76. The maximum Gasteiger partial charge on any atom is 0.317 e. The molecule has 5 heteroatoms. The highest BCUT2D eigenvalue weighted by Gasteiger charge is 2.20. The van der Waals surface area contributed by atoms with Crippen LogP contribution in [0.25, 0.3) is 0 Å². The van der Waals surface area contributed by atoms with E-state index in [1.807, 2.05) is 4.90 Å². The van der Waals surface area contributed by atoms with Gasteiger partial charge in [0.15, 0.2) is 0 Å². The first kappa shape index (κ1) is 15.3. The van der Waals surface area contributed by atoms with Crippen molar-refractivity contribution in [2.75, 3.05) is 32.7 Å². The summed E-state index contributed by atoms with van der Waals surface area (Å²) in [6.45, 7) is 9.75. The van der Waals surface area contributed by atoms with Crippen molar-refractivity contribution in [3.8, 4) is 0 Å². The molecule has 1 aliphatic rings. The zero-order chi connectivity index (χ0) is 14.4. The lowest BCUT2D eigenvalue weighted by atomic mass is 10.1. The molecule has 1 aromatic heterocycles. The van der Waals surface area contributed by atoms with E-state index < -0.39 is 0 Å². The Morgan fingerprint density at radius 1 is 1.35 bits per heavy atom. The third kappa shape index (κ3) is 4.80. The highest BCUT2D eigenvalue weighted by atomic mass is 32.1. The van der Waals surface area contributed by atoms with Crippen molar-refractivity contribution in [1.29, 1.82) is 0 Å². The van der Waals surface area contributed by atoms with Gasteiger partial charge in [-0.1, -0.05) is 19.9 Å². The molecule has 1 aliphatic heterocycles. The van der Waals surface area contributed by atoms with E-state index in [1.165, 1.54) is 4.88 Å². The Labute approximate surface area is 125 Å². The van der Waals surface area contributed by atoms with Gasteiger partial charge in [0.2, 0.25) is 0 Å². The summed E-state index contributed by atoms with van der Waals surface area (Å²) in [6, 6.07) is 4.37. The van der Waals surface area contributed by atoms with Gasteiger partial charge in [0.05, 0.1) is 0 Å². The number of rotatable bonds is 5. The summed E-state index contributed by atoms with van der Waals surface area (Å²) < 4.78 is 0. The van der Waals surface area contributed by atoms with Crippen molar-refractivity contribution in [3.05, 3.63) is 22.4 Å². The van der Waals surface area contributed by atoms with Crippen LogP contribution in [-0.2, 0) is 6.54 Å². The molecule has 0 radical (unpaired) electrons. The minimum absolute atomic E-state index is 0.0985. The number of carbonyl (C=O) groups excluding carboxylic acids is 1. The number of thiophene rings is 1. The van der Waals surface area contributed by atoms with Crippen LogP contribution >= 0.6 is 11.3 Å². The summed E-state index contributed by atoms with van der Waals surface area (Å²) in [4.78, 5) is 17.8. The van der Waals surface area contributed by atoms with Crippen molar-refractivity contribution in [3.63, 3.8) is 0 Å². The number of urea groups is 1. The maximum absolute atomic E-state index is 12.0. The number of carbonyl (C=O) groups is 1. The minimum atomic E-state index is 0.0985. The minimum Gasteiger partial charge on any atom is -0.338 e. The molecule has 2 rings (SSSR count). The molecule has 1 fully saturated rings. The predicted molar refractivity (Wildman–Crippen MR) is 84.0 cm³/mol. The Morgan fingerprint density at radius 3 is 2.70 bits per heavy atom. The molecule has 4 nitrogen and oxygen atoms in total. The van der Waals surface area contributed by atoms with Crippen molar-refractivity contribution >= 4 is 17.4 Å². The second kappa shape index (κ2) is 7.64. The molecule has 0 bridgehead atoms. The lowest BCUT2D eigenvalue weighted by molar-refractivity contribution is 0.136. The van der Waals surface area contributed by atoms with Crippen LogP contribution in [0.15, 0.2) is 17.5 Å². The van der Waals surface area contributed by atoms with Gasteiger partial charge in [-0.2, -0.15) is 0 Å². The lowest BCUT2D eigenvalue weighted by Gasteiger charge is -2.34. The summed E-state index contributed by atoms with van der Waals surface area (Å²) in [5, 5.41) is 5.13. The first-order chi connectivity index (χ1) is 9.65. The molecule has 1 saturated heterocycles. The van der Waals surface area contributed by atoms with E-state index in [9.17, 15) is 4.79 Å². The van der Waals surface area contributed by atoms with E-state index in [0.717, 1.165) is 45.7 Å². The summed E-state index contributed by atoms with van der Waals surface area (Å²) >= 11 is 1.80. The Balaban J connectivity index is 1.67. The molecule has 1 N–H and O–H groups in total. The summed E-state index contributed by atoms with van der Waals surface area (Å²) in [5.74, 6) is 0.637. The fourth-order valence-electron chi connectivity index (χ4n) is 2.31. The Bertz CT molecular complexity index is 397. The van der Waals surface area contributed by atoms with Crippen LogP contribution in [0.3, 0.4) is 0 Å². The van der Waals surface area contributed by atoms with E-state index in [2.05, 4.69) is 41.6 Å². The molecule has 0 spiro atoms. The molecular weight excluding hydrogens is 270 g/mol. The Hall–Kier alpha value is -1.07. The number of hydrogen-bond acceptors (Lipinski definition) is 3. The average molecular weight is 295 g/mol. The van der Waals surface area contributed by atoms with Crippen LogP contribution < -0.4 is 5.32 Å². The lowest BCUT2D eigenvalue weighted by Crippen LogP contribution is -2.51. The predicted octanol–water partition coefficient (Wildman–Crippen LogP) is 2.62. The summed E-state index contributed by atoms with van der Waals surface area (Å²) in [6.07, 6.45) is 1.05. The highest BCUT2D eigenvalue weighted by Crippen LogP contribution is 2.13. The number of nitrogens with zero attached hydrogens (tertiary/aromatic N) is 2. The van der Waals surface area contributed by atoms with Crippen molar-refractivity contribution in [1.82, 2.24) is 15.1 Å². The third-order valence-electron chi connectivity index (χ3n) is 3.62. The van der Waals surface area contributed by atoms with Gasteiger partial charge in [0, 0.05) is 44.1 Å². The van der Waals surface area contributed by atoms with Crippen LogP contribution in [0.5, 0.6) is 0 Å². The normalized spacial score (nSPS) is 16.6. The SMILES string of the molecule is CC(C)CCNC(=O)N1CCN(Cc2cccs2)CC1. The monoisotopic (exact) mass is 295 g/mol. The maximum atomic E-state index is 12.0. The molecule has 0 saturated carbocycles. The number of hydrogen-bond donors (Lipinski definition) is 1. The smallest absolute Gasteiger partial charge is 0.317 e. The Morgan fingerprint density at radius 2 is 2.10 bits per heavy atom. The fourth-order valence-corrected chi connectivity index (χ4v) is 3.06. The number of amides is 2. The van der Waals surface area contributed by atoms with Crippen molar-refractivity contribution in [2.24, 2.45) is 5.92 Å². The molecule has 0 atom stereocenters. The average Bonchev–Trinajstić information content (AvgIpc) is 2.92. The molecule has 1 aromatic rings. The van der Waals surface area contributed by atoms with Crippen LogP contribution in [-0.4, -0.2) is 48.6 Å². The van der Waals surface area contributed by atoms with Crippen LogP contribution in [0.2, 0.25) is 0 Å². The van der Waals surface area contributed by atoms with Gasteiger partial charge in [-0.3, -0.25) is 4.90 Å². The van der Waals surface area contributed by atoms with E-state index in [0.29, 0.717) is 5.92 Å². The zero-order valence-electron chi connectivity index (χ0n) is 12.5. The van der Waals surface area contributed by atoms with Crippen LogP contribution in [0.1, 0.15) is 25.1 Å². The fraction of sp³-hybridized carbons (Fsp3) is 0.667. The van der Waals surface area contributed by atoms with Crippen molar-refractivity contribution < 1.29 is 4.79 Å². The van der Waals surface area contributed by atoms with Gasteiger partial charge in [0.1, 0.15) is 0 Å². The quantitative estimate of drug-likeness (QED) is 0.906. The second-order valence-corrected chi connectivity index (χ2v) is 6.79. The van der Waals surface area contributed by atoms with E-state index >= 15 is 0 Å². The van der Waals surface area contributed by atoms with E-state index in [-0.39, 0.29) is 6.03 Å². The number of piperazine rings is 1. The molecule has 0 unspecified atom stereocenters. The van der Waals surface area contributed by atoms with Gasteiger partial charge in [0.25, 0.3) is 0 Å². The molecule has 2 amide bonds. The van der Waals surface area contributed by atoms with Gasteiger partial charge in [-0.25, -0.2) is 4.79 Å². The summed E-state index contributed by atoms with van der Waals surface area (Å²) in [7, 11) is 0. The third-order valence-corrected chi connectivity index (χ3v) is 4.48. The first-order valence-corrected chi connectivity index (χ1v) is 8.30. The molecule has 0 aliphatic carbocycles. The van der Waals surface area contributed by atoms with E-state index in [4.69, 9.17) is 0 Å². The summed E-state index contributed by atoms with van der Waals surface area (Å²) in [5.41, 5.74) is 0. The molecule has 112 valence electrons. The first-order valence-electron chi connectivity index (χ1n) is 7.42.